The number of aliphatic hydroxyl groups is 1. The quantitative estimate of drug-likeness (QED) is 0.884. The van der Waals surface area contributed by atoms with Gasteiger partial charge >= 0.3 is 0 Å². The maximum Gasteiger partial charge on any atom is 0.123 e. The molecular formula is C20H25FN2O. The van der Waals surface area contributed by atoms with E-state index in [1.54, 1.807) is 6.07 Å². The highest BCUT2D eigenvalue weighted by molar-refractivity contribution is 5.63. The molecule has 0 bridgehead atoms. The van der Waals surface area contributed by atoms with Crippen molar-refractivity contribution in [2.45, 2.75) is 31.4 Å². The molecule has 0 fully saturated rings. The van der Waals surface area contributed by atoms with Crippen molar-refractivity contribution in [1.29, 1.82) is 0 Å². The first-order valence-corrected chi connectivity index (χ1v) is 8.38. The number of halogens is 1. The summed E-state index contributed by atoms with van der Waals surface area (Å²) >= 11 is 0. The van der Waals surface area contributed by atoms with E-state index in [9.17, 15) is 9.50 Å². The fraction of sp³-hybridized carbons (Fsp3) is 0.400. The van der Waals surface area contributed by atoms with Crippen molar-refractivity contribution in [3.63, 3.8) is 0 Å². The van der Waals surface area contributed by atoms with E-state index in [1.165, 1.54) is 17.7 Å². The first kappa shape index (κ1) is 16.9. The van der Waals surface area contributed by atoms with Gasteiger partial charge in [0.15, 0.2) is 0 Å². The van der Waals surface area contributed by atoms with Crippen LogP contribution >= 0.6 is 0 Å². The topological polar surface area (TPSA) is 35.5 Å². The van der Waals surface area contributed by atoms with Gasteiger partial charge in [-0.1, -0.05) is 44.2 Å². The number of fused-ring (bicyclic) bond motifs is 1. The Morgan fingerprint density at radius 3 is 2.67 bits per heavy atom. The van der Waals surface area contributed by atoms with Gasteiger partial charge in [0.25, 0.3) is 0 Å². The number of rotatable bonds is 5. The van der Waals surface area contributed by atoms with Crippen LogP contribution in [0.5, 0.6) is 0 Å². The normalized spacial score (nSPS) is 18.3. The highest BCUT2D eigenvalue weighted by atomic mass is 19.1. The molecule has 0 radical (unpaired) electrons. The number of hydrogen-bond donors (Lipinski definition) is 2. The SMILES string of the molecule is CNCC(O)C(c1cccc(F)c1)N1CC(C)(C)c2ccccc21. The van der Waals surface area contributed by atoms with Gasteiger partial charge in [0, 0.05) is 24.2 Å². The average molecular weight is 328 g/mol. The molecule has 1 aliphatic rings. The van der Waals surface area contributed by atoms with Crippen LogP contribution in [0.3, 0.4) is 0 Å². The summed E-state index contributed by atoms with van der Waals surface area (Å²) in [6.45, 7) is 5.65. The van der Waals surface area contributed by atoms with Crippen LogP contribution in [-0.4, -0.2) is 31.3 Å². The number of nitrogens with one attached hydrogen (secondary N) is 1. The van der Waals surface area contributed by atoms with E-state index in [0.29, 0.717) is 6.54 Å². The van der Waals surface area contributed by atoms with Gasteiger partial charge in [-0.25, -0.2) is 4.39 Å². The Balaban J connectivity index is 2.07. The lowest BCUT2D eigenvalue weighted by molar-refractivity contribution is 0.140. The van der Waals surface area contributed by atoms with Crippen LogP contribution in [0.2, 0.25) is 0 Å². The minimum Gasteiger partial charge on any atom is -0.389 e. The standard InChI is InChI=1S/C20H25FN2O/c1-20(2)13-23(17-10-5-4-9-16(17)20)19(18(24)12-22-3)14-7-6-8-15(21)11-14/h4-11,18-19,22,24H,12-13H2,1-3H3. The predicted octanol–water partition coefficient (Wildman–Crippen LogP) is 3.24. The molecule has 0 aliphatic carbocycles. The molecule has 3 nitrogen and oxygen atoms in total. The monoisotopic (exact) mass is 328 g/mol. The molecule has 0 amide bonds. The highest BCUT2D eigenvalue weighted by Crippen LogP contribution is 2.45. The van der Waals surface area contributed by atoms with Crippen molar-refractivity contribution in [3.05, 3.63) is 65.5 Å². The molecule has 2 unspecified atom stereocenters. The maximum absolute atomic E-state index is 13.8. The Morgan fingerprint density at radius 2 is 1.96 bits per heavy atom. The van der Waals surface area contributed by atoms with E-state index in [1.807, 2.05) is 25.2 Å². The van der Waals surface area contributed by atoms with E-state index in [2.05, 4.69) is 36.2 Å². The van der Waals surface area contributed by atoms with Gasteiger partial charge in [0.05, 0.1) is 12.1 Å². The number of benzene rings is 2. The van der Waals surface area contributed by atoms with Crippen LogP contribution < -0.4 is 10.2 Å². The Kier molecular flexibility index (Phi) is 4.61. The lowest BCUT2D eigenvalue weighted by Crippen LogP contribution is -2.42. The molecule has 0 saturated heterocycles. The van der Waals surface area contributed by atoms with Crippen LogP contribution in [-0.2, 0) is 5.41 Å². The molecule has 1 aliphatic heterocycles. The van der Waals surface area contributed by atoms with Crippen molar-refractivity contribution in [2.24, 2.45) is 0 Å². The molecule has 24 heavy (non-hydrogen) atoms. The van der Waals surface area contributed by atoms with Crippen molar-refractivity contribution in [2.75, 3.05) is 25.0 Å². The number of aliphatic hydroxyl groups excluding tert-OH is 1. The minimum absolute atomic E-state index is 0.0124. The number of para-hydroxylation sites is 1. The Bertz CT molecular complexity index is 716. The highest BCUT2D eigenvalue weighted by Gasteiger charge is 2.40. The zero-order valence-corrected chi connectivity index (χ0v) is 14.5. The molecule has 0 saturated carbocycles. The van der Waals surface area contributed by atoms with Gasteiger partial charge in [0.2, 0.25) is 0 Å². The first-order chi connectivity index (χ1) is 11.4. The molecule has 2 aromatic carbocycles. The molecule has 2 aromatic rings. The van der Waals surface area contributed by atoms with Gasteiger partial charge < -0.3 is 15.3 Å². The maximum atomic E-state index is 13.8. The number of nitrogens with zero attached hydrogens (tertiary/aromatic N) is 1. The fourth-order valence-corrected chi connectivity index (χ4v) is 3.76. The lowest BCUT2D eigenvalue weighted by atomic mass is 9.87. The van der Waals surface area contributed by atoms with Crippen molar-refractivity contribution in [3.8, 4) is 0 Å². The van der Waals surface area contributed by atoms with Gasteiger partial charge in [-0.3, -0.25) is 0 Å². The van der Waals surface area contributed by atoms with E-state index in [0.717, 1.165) is 17.8 Å². The van der Waals surface area contributed by atoms with Gasteiger partial charge in [-0.15, -0.1) is 0 Å². The zero-order chi connectivity index (χ0) is 17.3. The van der Waals surface area contributed by atoms with E-state index < -0.39 is 6.10 Å². The van der Waals surface area contributed by atoms with E-state index in [4.69, 9.17) is 0 Å². The van der Waals surface area contributed by atoms with Crippen LogP contribution in [0, 0.1) is 5.82 Å². The van der Waals surface area contributed by atoms with Gasteiger partial charge in [0.1, 0.15) is 5.82 Å². The third-order valence-corrected chi connectivity index (χ3v) is 4.81. The summed E-state index contributed by atoms with van der Waals surface area (Å²) in [4.78, 5) is 2.21. The molecule has 3 rings (SSSR count). The van der Waals surface area contributed by atoms with Crippen LogP contribution in [0.1, 0.15) is 31.0 Å². The number of hydrogen-bond acceptors (Lipinski definition) is 3. The second-order valence-corrected chi connectivity index (χ2v) is 7.15. The Hall–Kier alpha value is -1.91. The van der Waals surface area contributed by atoms with Crippen LogP contribution in [0.4, 0.5) is 10.1 Å². The summed E-state index contributed by atoms with van der Waals surface area (Å²) in [5.74, 6) is -0.277. The summed E-state index contributed by atoms with van der Waals surface area (Å²) in [5.41, 5.74) is 3.17. The molecule has 2 atom stereocenters. The molecule has 1 heterocycles. The van der Waals surface area contributed by atoms with Gasteiger partial charge in [-0.2, -0.15) is 0 Å². The Labute approximate surface area is 143 Å². The number of anilines is 1. The largest absolute Gasteiger partial charge is 0.389 e. The molecule has 0 spiro atoms. The van der Waals surface area contributed by atoms with Crippen LogP contribution in [0.15, 0.2) is 48.5 Å². The third-order valence-electron chi connectivity index (χ3n) is 4.81. The van der Waals surface area contributed by atoms with Crippen molar-refractivity contribution < 1.29 is 9.50 Å². The summed E-state index contributed by atoms with van der Waals surface area (Å²) in [5, 5.41) is 13.8. The Morgan fingerprint density at radius 1 is 1.21 bits per heavy atom. The molecule has 4 heteroatoms. The minimum atomic E-state index is -0.640. The molecule has 0 aromatic heterocycles. The predicted molar refractivity (Wildman–Crippen MR) is 95.9 cm³/mol. The summed E-state index contributed by atoms with van der Waals surface area (Å²) < 4.78 is 13.8. The summed E-state index contributed by atoms with van der Waals surface area (Å²) in [7, 11) is 1.81. The smallest absolute Gasteiger partial charge is 0.123 e. The van der Waals surface area contributed by atoms with E-state index >= 15 is 0 Å². The van der Waals surface area contributed by atoms with E-state index in [-0.39, 0.29) is 17.3 Å². The average Bonchev–Trinajstić information content (AvgIpc) is 2.80. The van der Waals surface area contributed by atoms with Crippen LogP contribution in [0.25, 0.3) is 0 Å². The molecule has 2 N–H and O–H groups in total. The summed E-state index contributed by atoms with van der Waals surface area (Å²) in [6, 6.07) is 14.6. The first-order valence-electron chi connectivity index (χ1n) is 8.38. The lowest BCUT2D eigenvalue weighted by Gasteiger charge is -2.35. The van der Waals surface area contributed by atoms with Gasteiger partial charge in [-0.05, 0) is 36.4 Å². The third kappa shape index (κ3) is 3.04. The molecular weight excluding hydrogens is 303 g/mol. The second kappa shape index (κ2) is 6.54. The zero-order valence-electron chi connectivity index (χ0n) is 14.5. The number of likely N-dealkylation sites (N-methyl/N-ethyl adjacent to an activating group) is 1. The van der Waals surface area contributed by atoms with Crippen molar-refractivity contribution in [1.82, 2.24) is 5.32 Å². The van der Waals surface area contributed by atoms with Crippen molar-refractivity contribution >= 4 is 5.69 Å². The molecule has 128 valence electrons. The second-order valence-electron chi connectivity index (χ2n) is 7.15. The fourth-order valence-electron chi connectivity index (χ4n) is 3.76. The summed E-state index contributed by atoms with van der Waals surface area (Å²) in [6.07, 6.45) is -0.640.